The third-order valence-electron chi connectivity index (χ3n) is 3.48. The second-order valence-corrected chi connectivity index (χ2v) is 7.32. The maximum atomic E-state index is 13.1. The van der Waals surface area contributed by atoms with E-state index in [1.54, 1.807) is 23.6 Å². The van der Waals surface area contributed by atoms with E-state index in [0.717, 1.165) is 18.2 Å². The highest BCUT2D eigenvalue weighted by molar-refractivity contribution is 7.14. The van der Waals surface area contributed by atoms with Gasteiger partial charge in [0.05, 0.1) is 11.4 Å². The Balaban J connectivity index is 1.55. The molecule has 0 unspecified atom stereocenters. The molecule has 0 radical (unpaired) electrons. The van der Waals surface area contributed by atoms with E-state index in [1.165, 1.54) is 22.7 Å². The number of hydrogen-bond acceptors (Lipinski definition) is 5. The molecule has 2 N–H and O–H groups in total. The highest BCUT2D eigenvalue weighted by Crippen LogP contribution is 2.21. The average molecular weight is 406 g/mol. The summed E-state index contributed by atoms with van der Waals surface area (Å²) in [5.74, 6) is -4.22. The fraction of sp³-hybridized carbons (Fsp3) is 0.0556. The van der Waals surface area contributed by atoms with Crippen molar-refractivity contribution in [1.29, 1.82) is 0 Å². The Kier molecular flexibility index (Phi) is 5.72. The van der Waals surface area contributed by atoms with Crippen molar-refractivity contribution in [2.24, 2.45) is 0 Å². The van der Waals surface area contributed by atoms with Crippen molar-refractivity contribution in [3.8, 4) is 0 Å². The fourth-order valence-electron chi connectivity index (χ4n) is 2.14. The summed E-state index contributed by atoms with van der Waals surface area (Å²) in [4.78, 5) is 37.1. The Morgan fingerprint density at radius 3 is 2.48 bits per heavy atom. The zero-order valence-corrected chi connectivity index (χ0v) is 15.3. The zero-order chi connectivity index (χ0) is 19.4. The lowest BCUT2D eigenvalue weighted by Crippen LogP contribution is -2.34. The molecule has 138 valence electrons. The van der Waals surface area contributed by atoms with Crippen LogP contribution in [-0.2, 0) is 16.1 Å². The van der Waals surface area contributed by atoms with Crippen LogP contribution in [0.1, 0.15) is 20.1 Å². The molecule has 0 aliphatic rings. The van der Waals surface area contributed by atoms with Crippen LogP contribution >= 0.6 is 22.7 Å². The molecule has 9 heteroatoms. The smallest absolute Gasteiger partial charge is 0.313 e. The van der Waals surface area contributed by atoms with Crippen molar-refractivity contribution in [1.82, 2.24) is 5.32 Å². The largest absolute Gasteiger partial charge is 0.343 e. The standard InChI is InChI=1S/C18H12F2N2O3S2/c19-13-3-1-11(7-14(13)20)22-18(25)17(24)21-8-12-2-4-15(27-12)16(23)10-5-6-26-9-10/h1-7,9H,8H2,(H,21,24)(H,22,25). The van der Waals surface area contributed by atoms with Crippen molar-refractivity contribution in [3.63, 3.8) is 0 Å². The molecule has 1 aromatic carbocycles. The van der Waals surface area contributed by atoms with E-state index in [1.807, 2.05) is 5.38 Å². The number of halogens is 2. The van der Waals surface area contributed by atoms with E-state index in [-0.39, 0.29) is 18.0 Å². The molecule has 27 heavy (non-hydrogen) atoms. The molecule has 0 bridgehead atoms. The van der Waals surface area contributed by atoms with Gasteiger partial charge in [-0.15, -0.1) is 11.3 Å². The van der Waals surface area contributed by atoms with E-state index in [2.05, 4.69) is 10.6 Å². The fourth-order valence-corrected chi connectivity index (χ4v) is 3.69. The van der Waals surface area contributed by atoms with Gasteiger partial charge in [-0.1, -0.05) is 0 Å². The zero-order valence-electron chi connectivity index (χ0n) is 13.6. The van der Waals surface area contributed by atoms with E-state index in [0.29, 0.717) is 15.3 Å². The van der Waals surface area contributed by atoms with Crippen LogP contribution in [0, 0.1) is 11.6 Å². The second kappa shape index (κ2) is 8.19. The average Bonchev–Trinajstić information content (AvgIpc) is 3.34. The number of hydrogen-bond donors (Lipinski definition) is 2. The maximum absolute atomic E-state index is 13.1. The van der Waals surface area contributed by atoms with Crippen LogP contribution in [0.3, 0.4) is 0 Å². The van der Waals surface area contributed by atoms with Gasteiger partial charge >= 0.3 is 11.8 Å². The minimum Gasteiger partial charge on any atom is -0.343 e. The molecule has 2 aromatic heterocycles. The van der Waals surface area contributed by atoms with Crippen molar-refractivity contribution in [2.75, 3.05) is 5.32 Å². The van der Waals surface area contributed by atoms with Gasteiger partial charge in [0.1, 0.15) is 0 Å². The Morgan fingerprint density at radius 1 is 0.963 bits per heavy atom. The molecule has 0 spiro atoms. The van der Waals surface area contributed by atoms with Gasteiger partial charge in [0.2, 0.25) is 5.78 Å². The Hall–Kier alpha value is -2.91. The number of carbonyl (C=O) groups excluding carboxylic acids is 3. The van der Waals surface area contributed by atoms with Crippen LogP contribution < -0.4 is 10.6 Å². The summed E-state index contributed by atoms with van der Waals surface area (Å²) in [5, 5.41) is 8.16. The summed E-state index contributed by atoms with van der Waals surface area (Å²) < 4.78 is 26.0. The van der Waals surface area contributed by atoms with Crippen LogP contribution in [0.5, 0.6) is 0 Å². The first kappa shape index (κ1) is 18.9. The van der Waals surface area contributed by atoms with Crippen molar-refractivity contribution in [2.45, 2.75) is 6.54 Å². The van der Waals surface area contributed by atoms with Crippen LogP contribution in [-0.4, -0.2) is 17.6 Å². The predicted molar refractivity (Wildman–Crippen MR) is 98.9 cm³/mol. The van der Waals surface area contributed by atoms with E-state index in [4.69, 9.17) is 0 Å². The lowest BCUT2D eigenvalue weighted by atomic mass is 10.2. The summed E-state index contributed by atoms with van der Waals surface area (Å²) in [5.41, 5.74) is 0.567. The first-order valence-electron chi connectivity index (χ1n) is 7.64. The lowest BCUT2D eigenvalue weighted by Gasteiger charge is -2.06. The van der Waals surface area contributed by atoms with E-state index < -0.39 is 23.4 Å². The van der Waals surface area contributed by atoms with Crippen LogP contribution in [0.25, 0.3) is 0 Å². The maximum Gasteiger partial charge on any atom is 0.313 e. The van der Waals surface area contributed by atoms with Crippen molar-refractivity contribution in [3.05, 3.63) is 74.1 Å². The van der Waals surface area contributed by atoms with Crippen LogP contribution in [0.4, 0.5) is 14.5 Å². The molecule has 2 heterocycles. The van der Waals surface area contributed by atoms with Gasteiger partial charge in [-0.3, -0.25) is 14.4 Å². The monoisotopic (exact) mass is 406 g/mol. The number of ketones is 1. The molecule has 0 aliphatic heterocycles. The Labute approximate surface area is 160 Å². The van der Waals surface area contributed by atoms with Gasteiger partial charge in [-0.05, 0) is 35.7 Å². The van der Waals surface area contributed by atoms with Gasteiger partial charge in [0.15, 0.2) is 11.6 Å². The molecule has 0 saturated carbocycles. The molecule has 3 rings (SSSR count). The Morgan fingerprint density at radius 2 is 1.78 bits per heavy atom. The molecule has 3 aromatic rings. The normalized spacial score (nSPS) is 10.4. The molecule has 0 aliphatic carbocycles. The van der Waals surface area contributed by atoms with Gasteiger partial charge < -0.3 is 10.6 Å². The Bertz CT molecular complexity index is 1000. The summed E-state index contributed by atoms with van der Waals surface area (Å²) in [7, 11) is 0. The van der Waals surface area contributed by atoms with Crippen LogP contribution in [0.2, 0.25) is 0 Å². The topological polar surface area (TPSA) is 75.3 Å². The highest BCUT2D eigenvalue weighted by Gasteiger charge is 2.16. The van der Waals surface area contributed by atoms with Gasteiger partial charge in [0.25, 0.3) is 0 Å². The quantitative estimate of drug-likeness (QED) is 0.502. The first-order valence-corrected chi connectivity index (χ1v) is 9.40. The molecular formula is C18H12F2N2O3S2. The number of thiophene rings is 2. The summed E-state index contributed by atoms with van der Waals surface area (Å²) >= 11 is 2.64. The van der Waals surface area contributed by atoms with Gasteiger partial charge in [-0.2, -0.15) is 11.3 Å². The minimum absolute atomic E-state index is 0.0335. The van der Waals surface area contributed by atoms with E-state index >= 15 is 0 Å². The summed E-state index contributed by atoms with van der Waals surface area (Å²) in [6.07, 6.45) is 0. The minimum atomic E-state index is -1.13. The van der Waals surface area contributed by atoms with Crippen LogP contribution in [0.15, 0.2) is 47.2 Å². The van der Waals surface area contributed by atoms with Gasteiger partial charge in [0, 0.05) is 27.6 Å². The molecule has 5 nitrogen and oxygen atoms in total. The summed E-state index contributed by atoms with van der Waals surface area (Å²) in [6.45, 7) is 0.0611. The van der Waals surface area contributed by atoms with E-state index in [9.17, 15) is 23.2 Å². The number of rotatable bonds is 5. The number of benzene rings is 1. The molecule has 0 saturated heterocycles. The number of carbonyl (C=O) groups is 3. The molecule has 0 atom stereocenters. The van der Waals surface area contributed by atoms with Crippen molar-refractivity contribution < 1.29 is 23.2 Å². The first-order chi connectivity index (χ1) is 12.9. The highest BCUT2D eigenvalue weighted by atomic mass is 32.1. The SMILES string of the molecule is O=C(NCc1ccc(C(=O)c2ccsc2)s1)C(=O)Nc1ccc(F)c(F)c1. The molecule has 0 fully saturated rings. The summed E-state index contributed by atoms with van der Waals surface area (Å²) in [6, 6.07) is 7.86. The second-order valence-electron chi connectivity index (χ2n) is 5.37. The third kappa shape index (κ3) is 4.63. The van der Waals surface area contributed by atoms with Gasteiger partial charge in [-0.25, -0.2) is 8.78 Å². The third-order valence-corrected chi connectivity index (χ3v) is 5.24. The number of nitrogens with one attached hydrogen (secondary N) is 2. The van der Waals surface area contributed by atoms with Crippen molar-refractivity contribution >= 4 is 46.0 Å². The molecular weight excluding hydrogens is 394 g/mol. The lowest BCUT2D eigenvalue weighted by molar-refractivity contribution is -0.136. The number of amides is 2. The predicted octanol–water partition coefficient (Wildman–Crippen LogP) is 3.57. The number of anilines is 1. The molecule has 2 amide bonds.